The summed E-state index contributed by atoms with van der Waals surface area (Å²) >= 11 is 0. The van der Waals surface area contributed by atoms with Crippen LogP contribution in [0.5, 0.6) is 0 Å². The van der Waals surface area contributed by atoms with Crippen molar-refractivity contribution in [3.05, 3.63) is 29.8 Å². The molecule has 0 aliphatic heterocycles. The van der Waals surface area contributed by atoms with Crippen LogP contribution in [-0.4, -0.2) is 38.5 Å². The molecule has 5 nitrogen and oxygen atoms in total. The first-order valence-electron chi connectivity index (χ1n) is 6.83. The lowest BCUT2D eigenvalue weighted by atomic mass is 9.87. The van der Waals surface area contributed by atoms with Gasteiger partial charge in [-0.2, -0.15) is 0 Å². The van der Waals surface area contributed by atoms with Crippen molar-refractivity contribution in [1.82, 2.24) is 4.31 Å². The molecule has 0 unspecified atom stereocenters. The van der Waals surface area contributed by atoms with E-state index >= 15 is 0 Å². The van der Waals surface area contributed by atoms with Crippen molar-refractivity contribution in [2.24, 2.45) is 0 Å². The van der Waals surface area contributed by atoms with Gasteiger partial charge in [0.15, 0.2) is 0 Å². The van der Waals surface area contributed by atoms with Gasteiger partial charge in [-0.3, -0.25) is 4.79 Å². The third kappa shape index (κ3) is 5.47. The summed E-state index contributed by atoms with van der Waals surface area (Å²) in [5.41, 5.74) is 1.91. The Morgan fingerprint density at radius 2 is 1.67 bits per heavy atom. The predicted octanol–water partition coefficient (Wildman–Crippen LogP) is 2.20. The minimum absolute atomic E-state index is 0.0540. The van der Waals surface area contributed by atoms with Crippen molar-refractivity contribution in [2.45, 2.75) is 32.6 Å². The Balaban J connectivity index is 2.60. The minimum atomic E-state index is -3.34. The second-order valence-corrected chi connectivity index (χ2v) is 8.53. The molecule has 0 aliphatic rings. The van der Waals surface area contributed by atoms with Gasteiger partial charge in [0.2, 0.25) is 15.9 Å². The lowest BCUT2D eigenvalue weighted by Gasteiger charge is -2.19. The Labute approximate surface area is 127 Å². The molecular weight excluding hydrogens is 288 g/mol. The van der Waals surface area contributed by atoms with E-state index in [0.717, 1.165) is 4.31 Å². The summed E-state index contributed by atoms with van der Waals surface area (Å²) in [6, 6.07) is 7.59. The molecule has 0 heterocycles. The number of benzene rings is 1. The van der Waals surface area contributed by atoms with Crippen molar-refractivity contribution in [1.29, 1.82) is 0 Å². The number of carbonyl (C=O) groups excluding carboxylic acids is 1. The van der Waals surface area contributed by atoms with Gasteiger partial charge >= 0.3 is 0 Å². The van der Waals surface area contributed by atoms with Crippen LogP contribution in [0.1, 0.15) is 32.8 Å². The molecule has 0 aliphatic carbocycles. The summed E-state index contributed by atoms with van der Waals surface area (Å²) in [7, 11) is -0.426. The van der Waals surface area contributed by atoms with Gasteiger partial charge in [0.1, 0.15) is 0 Å². The zero-order chi connectivity index (χ0) is 16.3. The van der Waals surface area contributed by atoms with Gasteiger partial charge in [-0.05, 0) is 23.1 Å². The van der Waals surface area contributed by atoms with Crippen LogP contribution in [0.15, 0.2) is 24.3 Å². The second-order valence-electron chi connectivity index (χ2n) is 6.22. The summed E-state index contributed by atoms with van der Waals surface area (Å²) in [4.78, 5) is 11.8. The molecule has 1 aromatic rings. The van der Waals surface area contributed by atoms with Crippen molar-refractivity contribution < 1.29 is 13.2 Å². The van der Waals surface area contributed by atoms with Crippen LogP contribution >= 0.6 is 0 Å². The Morgan fingerprint density at radius 1 is 1.14 bits per heavy atom. The van der Waals surface area contributed by atoms with Gasteiger partial charge in [-0.25, -0.2) is 12.7 Å². The molecule has 21 heavy (non-hydrogen) atoms. The number of anilines is 1. The van der Waals surface area contributed by atoms with Crippen molar-refractivity contribution in [3.8, 4) is 0 Å². The highest BCUT2D eigenvalue weighted by molar-refractivity contribution is 7.89. The molecule has 0 atom stereocenters. The van der Waals surface area contributed by atoms with Crippen LogP contribution in [0.4, 0.5) is 5.69 Å². The van der Waals surface area contributed by atoms with Crippen LogP contribution in [0.2, 0.25) is 0 Å². The number of hydrogen-bond donors (Lipinski definition) is 1. The van der Waals surface area contributed by atoms with E-state index in [2.05, 4.69) is 26.1 Å². The topological polar surface area (TPSA) is 66.5 Å². The molecule has 1 amide bonds. The molecule has 1 rings (SSSR count). The maximum atomic E-state index is 11.8. The maximum absolute atomic E-state index is 11.8. The Kier molecular flexibility index (Phi) is 5.53. The molecular formula is C15H24N2O3S. The molecule has 0 saturated carbocycles. The van der Waals surface area contributed by atoms with E-state index in [0.29, 0.717) is 5.69 Å². The van der Waals surface area contributed by atoms with E-state index < -0.39 is 10.0 Å². The van der Waals surface area contributed by atoms with E-state index in [1.807, 2.05) is 24.3 Å². The summed E-state index contributed by atoms with van der Waals surface area (Å²) < 4.78 is 24.3. The molecule has 0 fully saturated rings. The summed E-state index contributed by atoms with van der Waals surface area (Å²) in [5, 5.41) is 2.71. The fraction of sp³-hybridized carbons (Fsp3) is 0.533. The predicted molar refractivity (Wildman–Crippen MR) is 85.9 cm³/mol. The van der Waals surface area contributed by atoms with E-state index in [1.54, 1.807) is 0 Å². The van der Waals surface area contributed by atoms with Crippen molar-refractivity contribution in [3.63, 3.8) is 0 Å². The molecule has 118 valence electrons. The van der Waals surface area contributed by atoms with E-state index in [9.17, 15) is 13.2 Å². The third-order valence-electron chi connectivity index (χ3n) is 3.18. The number of hydrogen-bond acceptors (Lipinski definition) is 3. The molecule has 1 N–H and O–H groups in total. The Morgan fingerprint density at radius 3 is 2.10 bits per heavy atom. The SMILES string of the molecule is CN(C)S(=O)(=O)CCC(=O)Nc1ccc(C(C)(C)C)cc1. The largest absolute Gasteiger partial charge is 0.326 e. The first-order chi connectivity index (χ1) is 9.52. The van der Waals surface area contributed by atoms with E-state index in [1.165, 1.54) is 19.7 Å². The van der Waals surface area contributed by atoms with Crippen LogP contribution < -0.4 is 5.32 Å². The number of nitrogens with zero attached hydrogens (tertiary/aromatic N) is 1. The summed E-state index contributed by atoms with van der Waals surface area (Å²) in [5.74, 6) is -0.490. The lowest BCUT2D eigenvalue weighted by molar-refractivity contribution is -0.115. The number of nitrogens with one attached hydrogen (secondary N) is 1. The zero-order valence-corrected chi connectivity index (χ0v) is 14.1. The van der Waals surface area contributed by atoms with Crippen LogP contribution in [0, 0.1) is 0 Å². The molecule has 0 saturated heterocycles. The zero-order valence-electron chi connectivity index (χ0n) is 13.3. The monoisotopic (exact) mass is 312 g/mol. The fourth-order valence-electron chi connectivity index (χ4n) is 1.68. The first kappa shape index (κ1) is 17.7. The van der Waals surface area contributed by atoms with Crippen LogP contribution in [0.25, 0.3) is 0 Å². The fourth-order valence-corrected chi connectivity index (χ4v) is 2.49. The molecule has 0 spiro atoms. The van der Waals surface area contributed by atoms with Crippen molar-refractivity contribution in [2.75, 3.05) is 25.2 Å². The van der Waals surface area contributed by atoms with Gasteiger partial charge in [0, 0.05) is 26.2 Å². The number of rotatable bonds is 5. The molecule has 6 heteroatoms. The number of amides is 1. The van der Waals surface area contributed by atoms with Gasteiger partial charge < -0.3 is 5.32 Å². The number of sulfonamides is 1. The van der Waals surface area contributed by atoms with Crippen LogP contribution in [0.3, 0.4) is 0 Å². The summed E-state index contributed by atoms with van der Waals surface area (Å²) in [6.07, 6.45) is -0.0540. The highest BCUT2D eigenvalue weighted by Gasteiger charge is 2.16. The highest BCUT2D eigenvalue weighted by atomic mass is 32.2. The average molecular weight is 312 g/mol. The van der Waals surface area contributed by atoms with Crippen molar-refractivity contribution >= 4 is 21.6 Å². The smallest absolute Gasteiger partial charge is 0.225 e. The molecule has 0 radical (unpaired) electrons. The minimum Gasteiger partial charge on any atom is -0.326 e. The van der Waals surface area contributed by atoms with Gasteiger partial charge in [-0.1, -0.05) is 32.9 Å². The van der Waals surface area contributed by atoms with E-state index in [-0.39, 0.29) is 23.5 Å². The summed E-state index contributed by atoms with van der Waals surface area (Å²) in [6.45, 7) is 6.35. The molecule has 0 bridgehead atoms. The quantitative estimate of drug-likeness (QED) is 0.906. The Bertz CT molecular complexity index is 584. The average Bonchev–Trinajstić information content (AvgIpc) is 2.36. The van der Waals surface area contributed by atoms with Gasteiger partial charge in [-0.15, -0.1) is 0 Å². The molecule has 0 aromatic heterocycles. The maximum Gasteiger partial charge on any atom is 0.225 e. The molecule has 1 aromatic carbocycles. The first-order valence-corrected chi connectivity index (χ1v) is 8.44. The number of carbonyl (C=O) groups is 1. The van der Waals surface area contributed by atoms with Crippen LogP contribution in [-0.2, 0) is 20.2 Å². The normalized spacial score (nSPS) is 12.5. The third-order valence-corrected chi connectivity index (χ3v) is 5.01. The lowest BCUT2D eigenvalue weighted by Crippen LogP contribution is -2.27. The van der Waals surface area contributed by atoms with Gasteiger partial charge in [0.05, 0.1) is 5.75 Å². The van der Waals surface area contributed by atoms with Gasteiger partial charge in [0.25, 0.3) is 0 Å². The second kappa shape index (κ2) is 6.58. The van der Waals surface area contributed by atoms with E-state index in [4.69, 9.17) is 0 Å². The highest BCUT2D eigenvalue weighted by Crippen LogP contribution is 2.23. The Hall–Kier alpha value is -1.40. The standard InChI is InChI=1S/C15H24N2O3S/c1-15(2,3)12-6-8-13(9-7-12)16-14(18)10-11-21(19,20)17(4)5/h6-9H,10-11H2,1-5H3,(H,16,18).